The standard InChI is InChI=1S/C18H29N3OS.HI/c1-13-7-5-6-8-17(13)22-14(2)12-20-18(19-3)21-15-9-10-16(11-15)23-4;/h5-8,14-16H,9-12H2,1-4H3,(H2,19,20,21);1H. The Morgan fingerprint density at radius 3 is 2.75 bits per heavy atom. The summed E-state index contributed by atoms with van der Waals surface area (Å²) in [4.78, 5) is 4.33. The fourth-order valence-electron chi connectivity index (χ4n) is 2.86. The van der Waals surface area contributed by atoms with Gasteiger partial charge in [-0.15, -0.1) is 24.0 Å². The predicted molar refractivity (Wildman–Crippen MR) is 116 cm³/mol. The van der Waals surface area contributed by atoms with Crippen molar-refractivity contribution < 1.29 is 4.74 Å². The average Bonchev–Trinajstić information content (AvgIpc) is 3.01. The van der Waals surface area contributed by atoms with Gasteiger partial charge in [0.2, 0.25) is 0 Å². The van der Waals surface area contributed by atoms with E-state index in [9.17, 15) is 0 Å². The molecule has 24 heavy (non-hydrogen) atoms. The number of aliphatic imine (C=N–C) groups is 1. The number of ether oxygens (including phenoxy) is 1. The molecule has 1 aliphatic rings. The minimum atomic E-state index is 0. The Hall–Kier alpha value is -0.630. The summed E-state index contributed by atoms with van der Waals surface area (Å²) in [7, 11) is 1.82. The number of nitrogens with zero attached hydrogens (tertiary/aromatic N) is 1. The molecule has 1 fully saturated rings. The number of thioether (sulfide) groups is 1. The zero-order chi connectivity index (χ0) is 16.7. The Balaban J connectivity index is 0.00000288. The van der Waals surface area contributed by atoms with Crippen molar-refractivity contribution in [1.29, 1.82) is 0 Å². The molecule has 0 saturated heterocycles. The molecule has 0 amide bonds. The molecule has 2 rings (SSSR count). The molecule has 136 valence electrons. The molecular weight excluding hydrogens is 433 g/mol. The minimum absolute atomic E-state index is 0. The van der Waals surface area contributed by atoms with Crippen LogP contribution in [0.4, 0.5) is 0 Å². The van der Waals surface area contributed by atoms with Crippen LogP contribution >= 0.6 is 35.7 Å². The topological polar surface area (TPSA) is 45.7 Å². The molecule has 0 aliphatic heterocycles. The van der Waals surface area contributed by atoms with Crippen molar-refractivity contribution >= 4 is 41.7 Å². The van der Waals surface area contributed by atoms with E-state index >= 15 is 0 Å². The maximum absolute atomic E-state index is 6.00. The molecule has 3 atom stereocenters. The van der Waals surface area contributed by atoms with Gasteiger partial charge in [0.15, 0.2) is 5.96 Å². The minimum Gasteiger partial charge on any atom is -0.489 e. The van der Waals surface area contributed by atoms with Crippen LogP contribution in [0.2, 0.25) is 0 Å². The summed E-state index contributed by atoms with van der Waals surface area (Å²) in [6, 6.07) is 8.65. The molecule has 0 heterocycles. The van der Waals surface area contributed by atoms with E-state index in [0.717, 1.165) is 29.1 Å². The molecule has 4 nitrogen and oxygen atoms in total. The highest BCUT2D eigenvalue weighted by atomic mass is 127. The Labute approximate surface area is 167 Å². The van der Waals surface area contributed by atoms with Crippen LogP contribution in [0.5, 0.6) is 5.75 Å². The summed E-state index contributed by atoms with van der Waals surface area (Å²) < 4.78 is 6.00. The third-order valence-electron chi connectivity index (χ3n) is 4.26. The number of nitrogens with one attached hydrogen (secondary N) is 2. The van der Waals surface area contributed by atoms with Gasteiger partial charge in [0.1, 0.15) is 11.9 Å². The first-order chi connectivity index (χ1) is 11.1. The molecule has 3 unspecified atom stereocenters. The van der Waals surface area contributed by atoms with Crippen LogP contribution in [0.15, 0.2) is 29.3 Å². The van der Waals surface area contributed by atoms with E-state index in [0.29, 0.717) is 6.04 Å². The number of rotatable bonds is 6. The van der Waals surface area contributed by atoms with Gasteiger partial charge < -0.3 is 15.4 Å². The summed E-state index contributed by atoms with van der Waals surface area (Å²) in [5, 5.41) is 7.69. The lowest BCUT2D eigenvalue weighted by molar-refractivity contribution is 0.222. The highest BCUT2D eigenvalue weighted by Gasteiger charge is 2.24. The van der Waals surface area contributed by atoms with Crippen molar-refractivity contribution in [1.82, 2.24) is 10.6 Å². The molecule has 2 N–H and O–H groups in total. The van der Waals surface area contributed by atoms with Crippen LogP contribution in [0.1, 0.15) is 31.7 Å². The van der Waals surface area contributed by atoms with Gasteiger partial charge in [0.05, 0.1) is 6.54 Å². The molecule has 0 bridgehead atoms. The lowest BCUT2D eigenvalue weighted by atomic mass is 10.2. The predicted octanol–water partition coefficient (Wildman–Crippen LogP) is 3.83. The average molecular weight is 463 g/mol. The first-order valence-corrected chi connectivity index (χ1v) is 9.63. The van der Waals surface area contributed by atoms with Crippen molar-refractivity contribution in [3.8, 4) is 5.75 Å². The lowest BCUT2D eigenvalue weighted by Crippen LogP contribution is -2.45. The Bertz CT molecular complexity index is 527. The fraction of sp³-hybridized carbons (Fsp3) is 0.611. The lowest BCUT2D eigenvalue weighted by Gasteiger charge is -2.21. The van der Waals surface area contributed by atoms with E-state index in [-0.39, 0.29) is 30.1 Å². The summed E-state index contributed by atoms with van der Waals surface area (Å²) in [6.45, 7) is 4.87. The first kappa shape index (κ1) is 21.4. The summed E-state index contributed by atoms with van der Waals surface area (Å²) in [5.41, 5.74) is 1.16. The molecule has 1 saturated carbocycles. The van der Waals surface area contributed by atoms with Crippen molar-refractivity contribution in [3.05, 3.63) is 29.8 Å². The summed E-state index contributed by atoms with van der Waals surface area (Å²) >= 11 is 1.97. The van der Waals surface area contributed by atoms with Crippen LogP contribution in [0.3, 0.4) is 0 Å². The fourth-order valence-corrected chi connectivity index (χ4v) is 3.66. The van der Waals surface area contributed by atoms with E-state index in [2.05, 4.69) is 41.8 Å². The second-order valence-corrected chi connectivity index (χ2v) is 7.30. The highest BCUT2D eigenvalue weighted by Crippen LogP contribution is 2.28. The molecule has 1 aromatic rings. The maximum Gasteiger partial charge on any atom is 0.191 e. The smallest absolute Gasteiger partial charge is 0.191 e. The number of halogens is 1. The molecule has 1 aliphatic carbocycles. The zero-order valence-electron chi connectivity index (χ0n) is 15.0. The van der Waals surface area contributed by atoms with Crippen LogP contribution in [-0.2, 0) is 0 Å². The second-order valence-electron chi connectivity index (χ2n) is 6.16. The SMILES string of the molecule is CN=C(NCC(C)Oc1ccccc1C)NC1CCC(SC)C1.I. The zero-order valence-corrected chi connectivity index (χ0v) is 18.2. The largest absolute Gasteiger partial charge is 0.489 e. The number of benzene rings is 1. The van der Waals surface area contributed by atoms with E-state index < -0.39 is 0 Å². The van der Waals surface area contributed by atoms with E-state index in [1.807, 2.05) is 37.0 Å². The van der Waals surface area contributed by atoms with E-state index in [1.165, 1.54) is 19.3 Å². The molecule has 1 aromatic carbocycles. The normalized spacial score (nSPS) is 21.8. The summed E-state index contributed by atoms with van der Waals surface area (Å²) in [5.74, 6) is 1.82. The number of hydrogen-bond acceptors (Lipinski definition) is 3. The number of guanidine groups is 1. The second kappa shape index (κ2) is 11.1. The quantitative estimate of drug-likeness (QED) is 0.383. The van der Waals surface area contributed by atoms with Gasteiger partial charge in [-0.25, -0.2) is 0 Å². The van der Waals surface area contributed by atoms with Gasteiger partial charge in [-0.1, -0.05) is 18.2 Å². The monoisotopic (exact) mass is 463 g/mol. The summed E-state index contributed by atoms with van der Waals surface area (Å²) in [6.07, 6.45) is 6.02. The number of para-hydroxylation sites is 1. The van der Waals surface area contributed by atoms with Crippen LogP contribution in [0, 0.1) is 6.92 Å². The van der Waals surface area contributed by atoms with Gasteiger partial charge in [0, 0.05) is 18.3 Å². The van der Waals surface area contributed by atoms with Gasteiger partial charge in [-0.2, -0.15) is 11.8 Å². The van der Waals surface area contributed by atoms with E-state index in [4.69, 9.17) is 4.74 Å². The van der Waals surface area contributed by atoms with Crippen LogP contribution in [0.25, 0.3) is 0 Å². The number of hydrogen-bond donors (Lipinski definition) is 2. The Morgan fingerprint density at radius 2 is 2.12 bits per heavy atom. The van der Waals surface area contributed by atoms with Gasteiger partial charge in [0.25, 0.3) is 0 Å². The van der Waals surface area contributed by atoms with E-state index in [1.54, 1.807) is 0 Å². The third kappa shape index (κ3) is 6.70. The van der Waals surface area contributed by atoms with Gasteiger partial charge in [-0.3, -0.25) is 4.99 Å². The van der Waals surface area contributed by atoms with Crippen molar-refractivity contribution in [2.45, 2.75) is 50.5 Å². The van der Waals surface area contributed by atoms with Crippen LogP contribution < -0.4 is 15.4 Å². The first-order valence-electron chi connectivity index (χ1n) is 8.34. The molecule has 0 aromatic heterocycles. The maximum atomic E-state index is 6.00. The van der Waals surface area contributed by atoms with Gasteiger partial charge in [-0.05, 0) is 51.0 Å². The Morgan fingerprint density at radius 1 is 1.38 bits per heavy atom. The molecule has 0 spiro atoms. The number of aryl methyl sites for hydroxylation is 1. The highest BCUT2D eigenvalue weighted by molar-refractivity contribution is 14.0. The third-order valence-corrected chi connectivity index (χ3v) is 5.36. The van der Waals surface area contributed by atoms with Crippen molar-refractivity contribution in [2.75, 3.05) is 19.8 Å². The van der Waals surface area contributed by atoms with Crippen molar-refractivity contribution in [2.24, 2.45) is 4.99 Å². The van der Waals surface area contributed by atoms with Crippen molar-refractivity contribution in [3.63, 3.8) is 0 Å². The van der Waals surface area contributed by atoms with Crippen LogP contribution in [-0.4, -0.2) is 43.2 Å². The molecule has 0 radical (unpaired) electrons. The molecule has 6 heteroatoms. The Kier molecular flexibility index (Phi) is 9.88. The molecular formula is C18H30IN3OS. The van der Waals surface area contributed by atoms with Gasteiger partial charge >= 0.3 is 0 Å².